The molecule has 0 unspecified atom stereocenters. The number of benzene rings is 1. The molecule has 1 aromatic carbocycles. The molecular weight excluding hydrogens is 296 g/mol. The lowest BCUT2D eigenvalue weighted by Crippen LogP contribution is -2.06. The second kappa shape index (κ2) is 6.51. The van der Waals surface area contributed by atoms with Crippen molar-refractivity contribution in [2.45, 2.75) is 26.8 Å². The van der Waals surface area contributed by atoms with Crippen LogP contribution in [0, 0.1) is 13.8 Å². The molecular formula is C14H18N8O. The van der Waals surface area contributed by atoms with Crippen LogP contribution in [-0.4, -0.2) is 47.0 Å². The van der Waals surface area contributed by atoms with Crippen LogP contribution in [0.3, 0.4) is 0 Å². The summed E-state index contributed by atoms with van der Waals surface area (Å²) >= 11 is 0. The van der Waals surface area contributed by atoms with Gasteiger partial charge in [-0.05, 0) is 52.7 Å². The standard InChI is InChI=1S/C14H18N8O/c1-10-7-12(14-16-19-21(3)17-14)8-11(2)13(10)23-6-4-5-22-9-15-18-20-22/h7-9H,4-6H2,1-3H3. The van der Waals surface area contributed by atoms with Gasteiger partial charge >= 0.3 is 0 Å². The number of hydrogen-bond acceptors (Lipinski definition) is 7. The number of nitrogens with zero attached hydrogens (tertiary/aromatic N) is 8. The lowest BCUT2D eigenvalue weighted by Gasteiger charge is -2.13. The molecule has 9 heteroatoms. The summed E-state index contributed by atoms with van der Waals surface area (Å²) in [6, 6.07) is 4.03. The van der Waals surface area contributed by atoms with Crippen LogP contribution in [0.5, 0.6) is 5.75 Å². The van der Waals surface area contributed by atoms with Crippen LogP contribution in [0.25, 0.3) is 11.4 Å². The van der Waals surface area contributed by atoms with Gasteiger partial charge < -0.3 is 4.74 Å². The summed E-state index contributed by atoms with van der Waals surface area (Å²) in [5.41, 5.74) is 3.04. The van der Waals surface area contributed by atoms with Crippen molar-refractivity contribution in [3.05, 3.63) is 29.6 Å². The van der Waals surface area contributed by atoms with Gasteiger partial charge in [-0.25, -0.2) is 4.68 Å². The molecule has 0 spiro atoms. The molecule has 23 heavy (non-hydrogen) atoms. The molecule has 120 valence electrons. The van der Waals surface area contributed by atoms with E-state index in [9.17, 15) is 0 Å². The molecule has 2 heterocycles. The second-order valence-electron chi connectivity index (χ2n) is 5.32. The van der Waals surface area contributed by atoms with Gasteiger partial charge in [0, 0.05) is 18.5 Å². The van der Waals surface area contributed by atoms with E-state index in [2.05, 4.69) is 30.9 Å². The van der Waals surface area contributed by atoms with Gasteiger partial charge in [0.1, 0.15) is 12.1 Å². The Balaban J connectivity index is 1.65. The van der Waals surface area contributed by atoms with E-state index < -0.39 is 0 Å². The molecule has 0 amide bonds. The first-order valence-electron chi connectivity index (χ1n) is 7.32. The molecule has 0 aliphatic heterocycles. The van der Waals surface area contributed by atoms with Crippen LogP contribution in [-0.2, 0) is 13.6 Å². The summed E-state index contributed by atoms with van der Waals surface area (Å²) in [4.78, 5) is 1.45. The highest BCUT2D eigenvalue weighted by molar-refractivity contribution is 5.60. The Hall–Kier alpha value is -2.84. The van der Waals surface area contributed by atoms with Gasteiger partial charge in [-0.3, -0.25) is 0 Å². The van der Waals surface area contributed by atoms with Crippen molar-refractivity contribution in [3.8, 4) is 17.1 Å². The van der Waals surface area contributed by atoms with Crippen LogP contribution in [0.15, 0.2) is 18.5 Å². The zero-order valence-electron chi connectivity index (χ0n) is 13.3. The van der Waals surface area contributed by atoms with Crippen molar-refractivity contribution in [3.63, 3.8) is 0 Å². The van der Waals surface area contributed by atoms with Crippen LogP contribution < -0.4 is 4.74 Å². The van der Waals surface area contributed by atoms with Crippen molar-refractivity contribution in [1.82, 2.24) is 40.4 Å². The SMILES string of the molecule is Cc1cc(-c2nnn(C)n2)cc(C)c1OCCCn1cnnn1. The molecule has 0 saturated heterocycles. The van der Waals surface area contributed by atoms with Gasteiger partial charge in [-0.1, -0.05) is 0 Å². The minimum Gasteiger partial charge on any atom is -0.493 e. The Morgan fingerprint density at radius 3 is 2.52 bits per heavy atom. The zero-order valence-corrected chi connectivity index (χ0v) is 13.3. The van der Waals surface area contributed by atoms with E-state index in [0.29, 0.717) is 12.4 Å². The predicted molar refractivity (Wildman–Crippen MR) is 81.6 cm³/mol. The van der Waals surface area contributed by atoms with E-state index in [0.717, 1.165) is 35.4 Å². The number of rotatable bonds is 6. The summed E-state index contributed by atoms with van der Waals surface area (Å²) in [5.74, 6) is 1.51. The van der Waals surface area contributed by atoms with Gasteiger partial charge in [0.15, 0.2) is 0 Å². The smallest absolute Gasteiger partial charge is 0.204 e. The minimum atomic E-state index is 0.601. The van der Waals surface area contributed by atoms with Gasteiger partial charge in [-0.15, -0.1) is 15.3 Å². The van der Waals surface area contributed by atoms with Gasteiger partial charge in [0.25, 0.3) is 0 Å². The quantitative estimate of drug-likeness (QED) is 0.625. The monoisotopic (exact) mass is 314 g/mol. The fourth-order valence-electron chi connectivity index (χ4n) is 2.39. The first kappa shape index (κ1) is 15.1. The Bertz CT molecular complexity index is 757. The van der Waals surface area contributed by atoms with Gasteiger partial charge in [-0.2, -0.15) is 4.80 Å². The molecule has 0 aliphatic carbocycles. The fourth-order valence-corrected chi connectivity index (χ4v) is 2.39. The lowest BCUT2D eigenvalue weighted by molar-refractivity contribution is 0.294. The van der Waals surface area contributed by atoms with E-state index in [4.69, 9.17) is 4.74 Å². The Morgan fingerprint density at radius 1 is 1.13 bits per heavy atom. The van der Waals surface area contributed by atoms with Crippen LogP contribution in [0.1, 0.15) is 17.5 Å². The van der Waals surface area contributed by atoms with E-state index in [-0.39, 0.29) is 0 Å². The van der Waals surface area contributed by atoms with Gasteiger partial charge in [0.2, 0.25) is 5.82 Å². The van der Waals surface area contributed by atoms with Crippen molar-refractivity contribution in [2.75, 3.05) is 6.61 Å². The Morgan fingerprint density at radius 2 is 1.91 bits per heavy atom. The highest BCUT2D eigenvalue weighted by atomic mass is 16.5. The molecule has 0 radical (unpaired) electrons. The molecule has 3 rings (SSSR count). The number of tetrazole rings is 2. The van der Waals surface area contributed by atoms with Crippen molar-refractivity contribution < 1.29 is 4.74 Å². The highest BCUT2D eigenvalue weighted by Gasteiger charge is 2.11. The molecule has 0 atom stereocenters. The summed E-state index contributed by atoms with van der Waals surface area (Å²) in [6.07, 6.45) is 2.43. The number of hydrogen-bond donors (Lipinski definition) is 0. The summed E-state index contributed by atoms with van der Waals surface area (Å²) in [7, 11) is 1.75. The number of aromatic nitrogens is 8. The molecule has 0 N–H and O–H groups in total. The second-order valence-corrected chi connectivity index (χ2v) is 5.32. The third-order valence-electron chi connectivity index (χ3n) is 3.40. The van der Waals surface area contributed by atoms with E-state index in [1.807, 2.05) is 26.0 Å². The summed E-state index contributed by atoms with van der Waals surface area (Å²) in [6.45, 7) is 5.37. The average molecular weight is 314 g/mol. The van der Waals surface area contributed by atoms with Crippen LogP contribution in [0.4, 0.5) is 0 Å². The first-order valence-corrected chi connectivity index (χ1v) is 7.32. The molecule has 3 aromatic rings. The molecule has 0 fully saturated rings. The maximum atomic E-state index is 5.92. The largest absolute Gasteiger partial charge is 0.493 e. The molecule has 2 aromatic heterocycles. The molecule has 9 nitrogen and oxygen atoms in total. The van der Waals surface area contributed by atoms with Crippen LogP contribution >= 0.6 is 0 Å². The summed E-state index contributed by atoms with van der Waals surface area (Å²) < 4.78 is 7.60. The Labute approximate surface area is 133 Å². The van der Waals surface area contributed by atoms with E-state index >= 15 is 0 Å². The topological polar surface area (TPSA) is 96.4 Å². The van der Waals surface area contributed by atoms with E-state index in [1.54, 1.807) is 18.1 Å². The van der Waals surface area contributed by atoms with Crippen LogP contribution in [0.2, 0.25) is 0 Å². The molecule has 0 bridgehead atoms. The van der Waals surface area contributed by atoms with Crippen molar-refractivity contribution in [2.24, 2.45) is 7.05 Å². The fraction of sp³-hybridized carbons (Fsp3) is 0.429. The van der Waals surface area contributed by atoms with Crippen molar-refractivity contribution >= 4 is 0 Å². The normalized spacial score (nSPS) is 10.9. The maximum Gasteiger partial charge on any atom is 0.204 e. The predicted octanol–water partition coefficient (Wildman–Crippen LogP) is 0.950. The number of aryl methyl sites for hydroxylation is 4. The number of ether oxygens (including phenoxy) is 1. The molecule has 0 saturated carbocycles. The zero-order chi connectivity index (χ0) is 16.2. The average Bonchev–Trinajstić information content (AvgIpc) is 3.17. The van der Waals surface area contributed by atoms with E-state index in [1.165, 1.54) is 4.80 Å². The highest BCUT2D eigenvalue weighted by Crippen LogP contribution is 2.28. The van der Waals surface area contributed by atoms with Crippen molar-refractivity contribution in [1.29, 1.82) is 0 Å². The summed E-state index contributed by atoms with van der Waals surface area (Å²) in [5, 5.41) is 23.2. The minimum absolute atomic E-state index is 0.601. The van der Waals surface area contributed by atoms with Gasteiger partial charge in [0.05, 0.1) is 13.7 Å². The first-order chi connectivity index (χ1) is 11.1. The maximum absolute atomic E-state index is 5.92. The third kappa shape index (κ3) is 3.50. The lowest BCUT2D eigenvalue weighted by atomic mass is 10.1. The third-order valence-corrected chi connectivity index (χ3v) is 3.40. The molecule has 0 aliphatic rings. The Kier molecular flexibility index (Phi) is 4.26.